The summed E-state index contributed by atoms with van der Waals surface area (Å²) in [6.07, 6.45) is -3.67. The predicted octanol–water partition coefficient (Wildman–Crippen LogP) is 3.79. The average Bonchev–Trinajstić information content (AvgIpc) is 3.22. The zero-order valence-electron chi connectivity index (χ0n) is 19.3. The van der Waals surface area contributed by atoms with E-state index in [-0.39, 0.29) is 22.1 Å². The molecular formula is C23H16F5N5O4S. The van der Waals surface area contributed by atoms with Gasteiger partial charge in [-0.25, -0.2) is 22.6 Å². The summed E-state index contributed by atoms with van der Waals surface area (Å²) in [5, 5.41) is 13.0. The Bertz CT molecular complexity index is 1720. The lowest BCUT2D eigenvalue weighted by molar-refractivity contribution is -0.290. The Morgan fingerprint density at radius 2 is 1.74 bits per heavy atom. The lowest BCUT2D eigenvalue weighted by Gasteiger charge is -2.19. The van der Waals surface area contributed by atoms with E-state index in [9.17, 15) is 35.2 Å². The van der Waals surface area contributed by atoms with Crippen molar-refractivity contribution in [3.05, 3.63) is 70.9 Å². The van der Waals surface area contributed by atoms with Gasteiger partial charge in [0, 0.05) is 11.8 Å². The monoisotopic (exact) mass is 553 g/mol. The van der Waals surface area contributed by atoms with Crippen LogP contribution in [-0.2, 0) is 9.84 Å². The lowest BCUT2D eigenvalue weighted by atomic mass is 10.1. The predicted molar refractivity (Wildman–Crippen MR) is 123 cm³/mol. The van der Waals surface area contributed by atoms with Crippen molar-refractivity contribution in [1.82, 2.24) is 19.2 Å². The van der Waals surface area contributed by atoms with Crippen LogP contribution in [0.15, 0.2) is 64.5 Å². The van der Waals surface area contributed by atoms with Crippen molar-refractivity contribution in [2.45, 2.75) is 23.9 Å². The van der Waals surface area contributed by atoms with Gasteiger partial charge in [0.05, 0.1) is 23.6 Å². The second-order valence-electron chi connectivity index (χ2n) is 7.92. The minimum atomic E-state index is -5.82. The molecule has 0 unspecified atom stereocenters. The normalized spacial score (nSPS) is 12.4. The van der Waals surface area contributed by atoms with Crippen molar-refractivity contribution in [2.75, 3.05) is 12.4 Å². The minimum Gasteiger partial charge on any atom is -0.485 e. The van der Waals surface area contributed by atoms with Gasteiger partial charge in [0.2, 0.25) is 0 Å². The number of hydrogen-bond acceptors (Lipinski definition) is 7. The molecular weight excluding hydrogens is 537 g/mol. The molecule has 9 nitrogen and oxygen atoms in total. The molecule has 0 N–H and O–H groups in total. The van der Waals surface area contributed by atoms with Gasteiger partial charge in [-0.2, -0.15) is 31.9 Å². The fourth-order valence-electron chi connectivity index (χ4n) is 3.31. The van der Waals surface area contributed by atoms with Crippen molar-refractivity contribution >= 4 is 15.5 Å². The van der Waals surface area contributed by atoms with Crippen LogP contribution in [0.1, 0.15) is 12.5 Å². The van der Waals surface area contributed by atoms with Crippen LogP contribution in [-0.4, -0.2) is 52.0 Å². The largest absolute Gasteiger partial charge is 0.485 e. The van der Waals surface area contributed by atoms with Crippen molar-refractivity contribution in [3.8, 4) is 28.8 Å². The zero-order valence-corrected chi connectivity index (χ0v) is 20.1. The standard InChI is InChI=1S/C23H16F5N5O4S/c1-2-38(35,36)18-9-16(15-5-3-14(10-29)4-6-15)11-30-20(18)33-21(34)32-12-17(7-8-19(32)31-33)37-13-22(24,25)23(26,27)28/h3-9,11-12H,2,13H2,1H3. The molecule has 0 aliphatic heterocycles. The van der Waals surface area contributed by atoms with Gasteiger partial charge in [0.25, 0.3) is 0 Å². The Morgan fingerprint density at radius 1 is 1.05 bits per heavy atom. The van der Waals surface area contributed by atoms with Gasteiger partial charge in [-0.15, -0.1) is 5.10 Å². The van der Waals surface area contributed by atoms with Crippen LogP contribution in [0.25, 0.3) is 22.6 Å². The van der Waals surface area contributed by atoms with Gasteiger partial charge in [0.1, 0.15) is 10.6 Å². The second kappa shape index (κ2) is 9.53. The molecule has 4 aromatic rings. The van der Waals surface area contributed by atoms with E-state index in [4.69, 9.17) is 5.26 Å². The summed E-state index contributed by atoms with van der Waals surface area (Å²) >= 11 is 0. The summed E-state index contributed by atoms with van der Waals surface area (Å²) in [6.45, 7) is -0.623. The van der Waals surface area contributed by atoms with E-state index < -0.39 is 40.0 Å². The van der Waals surface area contributed by atoms with Crippen LogP contribution in [0.3, 0.4) is 0 Å². The summed E-state index contributed by atoms with van der Waals surface area (Å²) in [6, 6.07) is 11.7. The first kappa shape index (κ1) is 26.7. The number of rotatable bonds is 7. The molecule has 0 saturated heterocycles. The highest BCUT2D eigenvalue weighted by Crippen LogP contribution is 2.35. The van der Waals surface area contributed by atoms with Gasteiger partial charge < -0.3 is 4.74 Å². The van der Waals surface area contributed by atoms with Gasteiger partial charge in [-0.05, 0) is 35.9 Å². The molecule has 3 heterocycles. The van der Waals surface area contributed by atoms with E-state index in [1.807, 2.05) is 6.07 Å². The van der Waals surface area contributed by atoms with Crippen molar-refractivity contribution in [1.29, 1.82) is 5.26 Å². The number of hydrogen-bond donors (Lipinski definition) is 0. The Morgan fingerprint density at radius 3 is 2.34 bits per heavy atom. The number of alkyl halides is 5. The molecule has 4 rings (SSSR count). The summed E-state index contributed by atoms with van der Waals surface area (Å²) in [7, 11) is -3.96. The number of nitriles is 1. The van der Waals surface area contributed by atoms with Crippen molar-refractivity contribution in [2.24, 2.45) is 0 Å². The van der Waals surface area contributed by atoms with E-state index in [1.165, 1.54) is 31.3 Å². The van der Waals surface area contributed by atoms with E-state index in [0.717, 1.165) is 22.7 Å². The molecule has 1 aromatic carbocycles. The Labute approximate surface area is 211 Å². The number of nitrogens with zero attached hydrogens (tertiary/aromatic N) is 5. The maximum atomic E-state index is 13.2. The zero-order chi connectivity index (χ0) is 27.9. The summed E-state index contributed by atoms with van der Waals surface area (Å²) in [5.41, 5.74) is 0.266. The fraction of sp³-hybridized carbons (Fsp3) is 0.217. The number of ether oxygens (including phenoxy) is 1. The molecule has 0 fully saturated rings. The minimum absolute atomic E-state index is 0.0808. The molecule has 38 heavy (non-hydrogen) atoms. The quantitative estimate of drug-likeness (QED) is 0.320. The molecule has 0 atom stereocenters. The topological polar surface area (TPSA) is 119 Å². The summed E-state index contributed by atoms with van der Waals surface area (Å²) < 4.78 is 95.5. The maximum absolute atomic E-state index is 13.2. The van der Waals surface area contributed by atoms with Crippen LogP contribution < -0.4 is 10.4 Å². The van der Waals surface area contributed by atoms with Crippen molar-refractivity contribution in [3.63, 3.8) is 0 Å². The van der Waals surface area contributed by atoms with E-state index >= 15 is 0 Å². The summed E-state index contributed by atoms with van der Waals surface area (Å²) in [4.78, 5) is 16.9. The number of benzene rings is 1. The van der Waals surface area contributed by atoms with Crippen LogP contribution in [0.2, 0.25) is 0 Å². The van der Waals surface area contributed by atoms with Gasteiger partial charge in [-0.1, -0.05) is 19.1 Å². The second-order valence-corrected chi connectivity index (χ2v) is 10.2. The smallest absolute Gasteiger partial charge is 0.456 e. The van der Waals surface area contributed by atoms with E-state index in [0.29, 0.717) is 21.4 Å². The number of fused-ring (bicyclic) bond motifs is 1. The highest BCUT2D eigenvalue weighted by atomic mass is 32.2. The third-order valence-electron chi connectivity index (χ3n) is 5.42. The third kappa shape index (κ3) is 4.94. The van der Waals surface area contributed by atoms with Crippen LogP contribution >= 0.6 is 0 Å². The van der Waals surface area contributed by atoms with Crippen molar-refractivity contribution < 1.29 is 35.1 Å². The molecule has 3 aromatic heterocycles. The number of aromatic nitrogens is 4. The Hall–Kier alpha value is -4.32. The molecule has 0 spiro atoms. The SMILES string of the molecule is CCS(=O)(=O)c1cc(-c2ccc(C#N)cc2)cnc1-n1nc2ccc(OCC(F)(F)C(F)(F)F)cn2c1=O. The maximum Gasteiger partial charge on any atom is 0.456 e. The van der Waals surface area contributed by atoms with Crippen LogP contribution in [0.5, 0.6) is 5.75 Å². The Kier molecular flexibility index (Phi) is 6.70. The highest BCUT2D eigenvalue weighted by Gasteiger charge is 2.58. The lowest BCUT2D eigenvalue weighted by Crippen LogP contribution is -2.41. The highest BCUT2D eigenvalue weighted by molar-refractivity contribution is 7.91. The molecule has 0 saturated carbocycles. The molecule has 198 valence electrons. The van der Waals surface area contributed by atoms with Gasteiger partial charge in [-0.3, -0.25) is 0 Å². The van der Waals surface area contributed by atoms with Crippen LogP contribution in [0, 0.1) is 11.3 Å². The molecule has 0 amide bonds. The molecule has 0 aliphatic rings. The first-order valence-corrected chi connectivity index (χ1v) is 12.3. The van der Waals surface area contributed by atoms with E-state index in [2.05, 4.69) is 14.8 Å². The number of halogens is 5. The van der Waals surface area contributed by atoms with Gasteiger partial charge in [0.15, 0.2) is 27.9 Å². The fourth-order valence-corrected chi connectivity index (χ4v) is 4.35. The Balaban J connectivity index is 1.78. The van der Waals surface area contributed by atoms with Crippen LogP contribution in [0.4, 0.5) is 22.0 Å². The molecule has 0 bridgehead atoms. The summed E-state index contributed by atoms with van der Waals surface area (Å²) in [5.74, 6) is -6.29. The molecule has 0 aliphatic carbocycles. The first-order valence-electron chi connectivity index (χ1n) is 10.7. The molecule has 15 heteroatoms. The van der Waals surface area contributed by atoms with Gasteiger partial charge >= 0.3 is 17.8 Å². The number of pyridine rings is 2. The first-order chi connectivity index (χ1) is 17.8. The third-order valence-corrected chi connectivity index (χ3v) is 7.15. The van der Waals surface area contributed by atoms with E-state index in [1.54, 1.807) is 12.1 Å². The average molecular weight is 553 g/mol. The molecule has 0 radical (unpaired) electrons. The number of sulfone groups is 1.